The van der Waals surface area contributed by atoms with Gasteiger partial charge in [-0.15, -0.1) is 0 Å². The first-order valence-electron chi connectivity index (χ1n) is 9.38. The highest BCUT2D eigenvalue weighted by molar-refractivity contribution is 6.11. The van der Waals surface area contributed by atoms with Crippen LogP contribution in [0.3, 0.4) is 0 Å². The van der Waals surface area contributed by atoms with Gasteiger partial charge in [-0.05, 0) is 67.4 Å². The van der Waals surface area contributed by atoms with Gasteiger partial charge in [0.1, 0.15) is 11.5 Å². The zero-order valence-electron chi connectivity index (χ0n) is 15.3. The summed E-state index contributed by atoms with van der Waals surface area (Å²) in [5.41, 5.74) is 2.89. The lowest BCUT2D eigenvalue weighted by atomic mass is 9.82. The molecule has 0 aliphatic heterocycles. The number of rotatable bonds is 4. The van der Waals surface area contributed by atoms with Crippen LogP contribution < -0.4 is 9.47 Å². The highest BCUT2D eigenvalue weighted by Crippen LogP contribution is 2.32. The first-order valence-corrected chi connectivity index (χ1v) is 9.38. The van der Waals surface area contributed by atoms with Crippen LogP contribution in [0.2, 0.25) is 0 Å². The third-order valence-electron chi connectivity index (χ3n) is 5.28. The molecule has 3 rings (SSSR count). The Hall–Kier alpha value is -2.03. The molecule has 2 fully saturated rings. The fourth-order valence-corrected chi connectivity index (χ4v) is 3.90. The van der Waals surface area contributed by atoms with Gasteiger partial charge < -0.3 is 9.47 Å². The Morgan fingerprint density at radius 2 is 1.52 bits per heavy atom. The average molecular weight is 340 g/mol. The van der Waals surface area contributed by atoms with Gasteiger partial charge in [-0.25, -0.2) is 0 Å². The molecule has 2 saturated carbocycles. The van der Waals surface area contributed by atoms with Crippen molar-refractivity contribution in [1.29, 1.82) is 0 Å². The Morgan fingerprint density at radius 3 is 2.16 bits per heavy atom. The summed E-state index contributed by atoms with van der Waals surface area (Å²) in [5.74, 6) is 2.32. The van der Waals surface area contributed by atoms with Crippen LogP contribution in [-0.2, 0) is 4.79 Å². The molecule has 0 N–H and O–H groups in total. The summed E-state index contributed by atoms with van der Waals surface area (Å²) in [6.07, 6.45) is 13.5. The molecule has 3 heteroatoms. The van der Waals surface area contributed by atoms with Crippen molar-refractivity contribution in [3.8, 4) is 11.5 Å². The van der Waals surface area contributed by atoms with Gasteiger partial charge in [0, 0.05) is 11.6 Å². The number of benzene rings is 1. The van der Waals surface area contributed by atoms with Crippen LogP contribution in [0.25, 0.3) is 6.08 Å². The first-order chi connectivity index (χ1) is 12.2. The smallest absolute Gasteiger partial charge is 0.184 e. The van der Waals surface area contributed by atoms with Gasteiger partial charge in [0.2, 0.25) is 0 Å². The van der Waals surface area contributed by atoms with Gasteiger partial charge >= 0.3 is 0 Å². The van der Waals surface area contributed by atoms with Crippen molar-refractivity contribution in [2.75, 3.05) is 14.2 Å². The summed E-state index contributed by atoms with van der Waals surface area (Å²) in [6.45, 7) is 0. The van der Waals surface area contributed by atoms with Gasteiger partial charge in [0.05, 0.1) is 14.2 Å². The number of Topliss-reactive ketones (excluding diaryl/α,β-unsaturated/α-hetero) is 1. The molecule has 0 aromatic heterocycles. The van der Waals surface area contributed by atoms with Crippen LogP contribution in [0.1, 0.15) is 56.9 Å². The maximum absolute atomic E-state index is 12.9. The van der Waals surface area contributed by atoms with Gasteiger partial charge in [0.15, 0.2) is 5.78 Å². The Kier molecular flexibility index (Phi) is 5.95. The molecule has 134 valence electrons. The molecule has 1 aromatic carbocycles. The van der Waals surface area contributed by atoms with E-state index >= 15 is 0 Å². The van der Waals surface area contributed by atoms with E-state index in [9.17, 15) is 4.79 Å². The van der Waals surface area contributed by atoms with E-state index in [-0.39, 0.29) is 5.78 Å². The summed E-state index contributed by atoms with van der Waals surface area (Å²) in [6, 6.07) is 5.74. The Morgan fingerprint density at radius 1 is 0.880 bits per heavy atom. The largest absolute Gasteiger partial charge is 0.497 e. The lowest BCUT2D eigenvalue weighted by Gasteiger charge is -2.22. The Labute approximate surface area is 150 Å². The van der Waals surface area contributed by atoms with Gasteiger partial charge in [-0.1, -0.05) is 25.3 Å². The molecule has 0 saturated heterocycles. The molecular weight excluding hydrogens is 312 g/mol. The molecule has 0 unspecified atom stereocenters. The average Bonchev–Trinajstić information content (AvgIpc) is 2.65. The summed E-state index contributed by atoms with van der Waals surface area (Å²) in [7, 11) is 3.28. The molecule has 0 amide bonds. The molecule has 0 bridgehead atoms. The lowest BCUT2D eigenvalue weighted by molar-refractivity contribution is -0.113. The molecular formula is C22H28O3. The number of methoxy groups -OCH3 is 2. The molecule has 1 aromatic rings. The number of hydrogen-bond acceptors (Lipinski definition) is 3. The predicted octanol–water partition coefficient (Wildman–Crippen LogP) is 5.35. The number of carbonyl (C=O) groups excluding carboxylic acids is 1. The SMILES string of the molecule is COc1cc(C=C2CCCC(=CC3CCCCC3)C2=O)cc(OC)c1. The zero-order chi connectivity index (χ0) is 17.6. The second kappa shape index (κ2) is 8.37. The van der Waals surface area contributed by atoms with Gasteiger partial charge in [-0.3, -0.25) is 4.79 Å². The van der Waals surface area contributed by atoms with Crippen molar-refractivity contribution in [2.24, 2.45) is 5.92 Å². The fraction of sp³-hybridized carbons (Fsp3) is 0.500. The van der Waals surface area contributed by atoms with Crippen LogP contribution >= 0.6 is 0 Å². The van der Waals surface area contributed by atoms with Crippen LogP contribution in [0.15, 0.2) is 35.4 Å². The minimum atomic E-state index is 0.235. The topological polar surface area (TPSA) is 35.5 Å². The van der Waals surface area contributed by atoms with Gasteiger partial charge in [0.25, 0.3) is 0 Å². The minimum Gasteiger partial charge on any atom is -0.497 e. The Balaban J connectivity index is 1.83. The molecule has 0 heterocycles. The van der Waals surface area contributed by atoms with Crippen LogP contribution in [-0.4, -0.2) is 20.0 Å². The molecule has 0 radical (unpaired) electrons. The third-order valence-corrected chi connectivity index (χ3v) is 5.28. The second-order valence-corrected chi connectivity index (χ2v) is 7.09. The molecule has 3 nitrogen and oxygen atoms in total. The van der Waals surface area contributed by atoms with Crippen molar-refractivity contribution < 1.29 is 14.3 Å². The summed E-state index contributed by atoms with van der Waals surface area (Å²) in [5, 5.41) is 0. The maximum Gasteiger partial charge on any atom is 0.184 e. The van der Waals surface area contributed by atoms with E-state index in [1.807, 2.05) is 24.3 Å². The zero-order valence-corrected chi connectivity index (χ0v) is 15.3. The molecule has 25 heavy (non-hydrogen) atoms. The van der Waals surface area contributed by atoms with E-state index in [2.05, 4.69) is 6.08 Å². The maximum atomic E-state index is 12.9. The summed E-state index contributed by atoms with van der Waals surface area (Å²) in [4.78, 5) is 12.9. The molecule has 2 aliphatic carbocycles. The monoisotopic (exact) mass is 340 g/mol. The normalized spacial score (nSPS) is 22.4. The highest BCUT2D eigenvalue weighted by Gasteiger charge is 2.22. The standard InChI is InChI=1S/C22H28O3/c1-24-20-13-17(14-21(15-20)25-2)12-19-10-6-9-18(22(19)23)11-16-7-4-3-5-8-16/h11-16H,3-10H2,1-2H3. The van der Waals surface area contributed by atoms with Crippen LogP contribution in [0.4, 0.5) is 0 Å². The fourth-order valence-electron chi connectivity index (χ4n) is 3.90. The second-order valence-electron chi connectivity index (χ2n) is 7.09. The van der Waals surface area contributed by atoms with Gasteiger partial charge in [-0.2, -0.15) is 0 Å². The van der Waals surface area contributed by atoms with Crippen molar-refractivity contribution in [2.45, 2.75) is 51.4 Å². The number of ketones is 1. The lowest BCUT2D eigenvalue weighted by Crippen LogP contribution is -2.14. The van der Waals surface area contributed by atoms with E-state index in [0.717, 1.165) is 47.5 Å². The Bertz CT molecular complexity index is 656. The highest BCUT2D eigenvalue weighted by atomic mass is 16.5. The quantitative estimate of drug-likeness (QED) is 0.693. The van der Waals surface area contributed by atoms with Crippen LogP contribution in [0.5, 0.6) is 11.5 Å². The van der Waals surface area contributed by atoms with E-state index < -0.39 is 0 Å². The van der Waals surface area contributed by atoms with E-state index in [1.54, 1.807) is 14.2 Å². The van der Waals surface area contributed by atoms with Crippen LogP contribution in [0, 0.1) is 5.92 Å². The van der Waals surface area contributed by atoms with Crippen molar-refractivity contribution in [3.05, 3.63) is 41.0 Å². The molecule has 2 aliphatic rings. The molecule has 0 spiro atoms. The third kappa shape index (κ3) is 4.53. The van der Waals surface area contributed by atoms with Crippen molar-refractivity contribution in [1.82, 2.24) is 0 Å². The number of allylic oxidation sites excluding steroid dienone is 3. The number of hydrogen-bond donors (Lipinski definition) is 0. The first kappa shape index (κ1) is 17.8. The van der Waals surface area contributed by atoms with E-state index in [4.69, 9.17) is 9.47 Å². The minimum absolute atomic E-state index is 0.235. The van der Waals surface area contributed by atoms with Crippen molar-refractivity contribution in [3.63, 3.8) is 0 Å². The van der Waals surface area contributed by atoms with E-state index in [0.29, 0.717) is 5.92 Å². The summed E-state index contributed by atoms with van der Waals surface area (Å²) >= 11 is 0. The van der Waals surface area contributed by atoms with E-state index in [1.165, 1.54) is 32.1 Å². The molecule has 0 atom stereocenters. The predicted molar refractivity (Wildman–Crippen MR) is 101 cm³/mol. The van der Waals surface area contributed by atoms with Crippen molar-refractivity contribution >= 4 is 11.9 Å². The number of carbonyl (C=O) groups is 1. The summed E-state index contributed by atoms with van der Waals surface area (Å²) < 4.78 is 10.7. The number of ether oxygens (including phenoxy) is 2.